The summed E-state index contributed by atoms with van der Waals surface area (Å²) in [5.41, 5.74) is -0.368. The third-order valence-corrected chi connectivity index (χ3v) is 2.51. The molecule has 0 heterocycles. The van der Waals surface area contributed by atoms with Gasteiger partial charge in [-0.1, -0.05) is 33.1 Å². The van der Waals surface area contributed by atoms with Gasteiger partial charge in [0.05, 0.1) is 12.0 Å². The van der Waals surface area contributed by atoms with Crippen molar-refractivity contribution in [1.29, 1.82) is 0 Å². The van der Waals surface area contributed by atoms with Gasteiger partial charge in [-0.2, -0.15) is 0 Å². The molecule has 1 atom stereocenters. The maximum atomic E-state index is 11.4. The van der Waals surface area contributed by atoms with Crippen LogP contribution in [0.5, 0.6) is 0 Å². The first-order chi connectivity index (χ1) is 6.88. The van der Waals surface area contributed by atoms with E-state index in [2.05, 4.69) is 13.8 Å². The molecule has 2 nitrogen and oxygen atoms in total. The first kappa shape index (κ1) is 14.5. The molecule has 0 saturated carbocycles. The highest BCUT2D eigenvalue weighted by atomic mass is 16.5. The molecule has 0 rings (SSSR count). The van der Waals surface area contributed by atoms with E-state index in [1.165, 1.54) is 19.3 Å². The third kappa shape index (κ3) is 7.40. The van der Waals surface area contributed by atoms with Crippen molar-refractivity contribution in [2.75, 3.05) is 6.61 Å². The summed E-state index contributed by atoms with van der Waals surface area (Å²) in [6.07, 6.45) is 4.74. The van der Waals surface area contributed by atoms with Crippen molar-refractivity contribution < 1.29 is 9.53 Å². The molecule has 2 heteroatoms. The molecule has 0 bridgehead atoms. The van der Waals surface area contributed by atoms with Crippen LogP contribution < -0.4 is 0 Å². The second kappa shape index (κ2) is 6.86. The lowest BCUT2D eigenvalue weighted by Crippen LogP contribution is -2.23. The lowest BCUT2D eigenvalue weighted by atomic mass is 9.97. The van der Waals surface area contributed by atoms with Gasteiger partial charge >= 0.3 is 5.97 Å². The molecule has 0 N–H and O–H groups in total. The zero-order chi connectivity index (χ0) is 11.9. The Kier molecular flexibility index (Phi) is 6.62. The first-order valence-electron chi connectivity index (χ1n) is 6.05. The van der Waals surface area contributed by atoms with Gasteiger partial charge in [-0.3, -0.25) is 4.79 Å². The van der Waals surface area contributed by atoms with E-state index in [1.807, 2.05) is 20.8 Å². The molecule has 0 fully saturated rings. The van der Waals surface area contributed by atoms with Crippen molar-refractivity contribution in [2.45, 2.75) is 60.3 Å². The number of hydrogen-bond donors (Lipinski definition) is 0. The van der Waals surface area contributed by atoms with E-state index in [9.17, 15) is 4.79 Å². The second-order valence-corrected chi connectivity index (χ2v) is 5.42. The van der Waals surface area contributed by atoms with Crippen molar-refractivity contribution in [2.24, 2.45) is 11.3 Å². The summed E-state index contributed by atoms with van der Waals surface area (Å²) in [6, 6.07) is 0. The Balaban J connectivity index is 3.57. The molecule has 0 saturated heterocycles. The molecule has 0 aliphatic carbocycles. The molecule has 0 aromatic heterocycles. The number of rotatable bonds is 6. The third-order valence-electron chi connectivity index (χ3n) is 2.51. The summed E-state index contributed by atoms with van der Waals surface area (Å²) in [7, 11) is 0. The van der Waals surface area contributed by atoms with Gasteiger partial charge < -0.3 is 4.74 Å². The van der Waals surface area contributed by atoms with Crippen molar-refractivity contribution in [3.8, 4) is 0 Å². The normalized spacial score (nSPS) is 13.7. The van der Waals surface area contributed by atoms with Crippen LogP contribution in [-0.2, 0) is 9.53 Å². The van der Waals surface area contributed by atoms with Gasteiger partial charge in [0.1, 0.15) is 0 Å². The number of hydrogen-bond acceptors (Lipinski definition) is 2. The summed E-state index contributed by atoms with van der Waals surface area (Å²) in [5.74, 6) is 0.572. The van der Waals surface area contributed by atoms with Gasteiger partial charge in [0.2, 0.25) is 0 Å². The second-order valence-electron chi connectivity index (χ2n) is 5.42. The molecular weight excluding hydrogens is 188 g/mol. The molecule has 0 amide bonds. The van der Waals surface area contributed by atoms with Crippen molar-refractivity contribution in [1.82, 2.24) is 0 Å². The molecule has 0 radical (unpaired) electrons. The SMILES string of the molecule is CCCC[C@H](C)CCOC(=O)C(C)(C)C. The van der Waals surface area contributed by atoms with Gasteiger partial charge in [-0.05, 0) is 33.1 Å². The molecule has 0 aliphatic heterocycles. The minimum Gasteiger partial charge on any atom is -0.465 e. The van der Waals surface area contributed by atoms with E-state index in [0.29, 0.717) is 12.5 Å². The van der Waals surface area contributed by atoms with Crippen LogP contribution in [0.25, 0.3) is 0 Å². The lowest BCUT2D eigenvalue weighted by Gasteiger charge is -2.17. The highest BCUT2D eigenvalue weighted by Crippen LogP contribution is 2.17. The fourth-order valence-corrected chi connectivity index (χ4v) is 1.27. The molecule has 0 aromatic carbocycles. The Bertz CT molecular complexity index is 179. The van der Waals surface area contributed by atoms with E-state index < -0.39 is 0 Å². The van der Waals surface area contributed by atoms with Crippen LogP contribution in [0.4, 0.5) is 0 Å². The zero-order valence-corrected chi connectivity index (χ0v) is 10.9. The number of esters is 1. The van der Waals surface area contributed by atoms with Crippen molar-refractivity contribution in [3.63, 3.8) is 0 Å². The van der Waals surface area contributed by atoms with Crippen LogP contribution in [0.1, 0.15) is 60.3 Å². The Morgan fingerprint density at radius 2 is 1.87 bits per heavy atom. The monoisotopic (exact) mass is 214 g/mol. The van der Waals surface area contributed by atoms with Crippen LogP contribution in [0, 0.1) is 11.3 Å². The van der Waals surface area contributed by atoms with Gasteiger partial charge in [-0.15, -0.1) is 0 Å². The minimum atomic E-state index is -0.368. The zero-order valence-electron chi connectivity index (χ0n) is 10.9. The highest BCUT2D eigenvalue weighted by molar-refractivity contribution is 5.75. The van der Waals surface area contributed by atoms with Crippen LogP contribution in [0.3, 0.4) is 0 Å². The first-order valence-corrected chi connectivity index (χ1v) is 6.05. The van der Waals surface area contributed by atoms with Gasteiger partial charge in [0.15, 0.2) is 0 Å². The Labute approximate surface area is 94.4 Å². The number of carbonyl (C=O) groups is 1. The van der Waals surface area contributed by atoms with Gasteiger partial charge in [-0.25, -0.2) is 0 Å². The van der Waals surface area contributed by atoms with E-state index in [0.717, 1.165) is 6.42 Å². The van der Waals surface area contributed by atoms with Crippen LogP contribution in [0.2, 0.25) is 0 Å². The Morgan fingerprint density at radius 3 is 2.33 bits per heavy atom. The van der Waals surface area contributed by atoms with E-state index >= 15 is 0 Å². The van der Waals surface area contributed by atoms with E-state index in [1.54, 1.807) is 0 Å². The Morgan fingerprint density at radius 1 is 1.27 bits per heavy atom. The summed E-state index contributed by atoms with van der Waals surface area (Å²) >= 11 is 0. The Hall–Kier alpha value is -0.530. The van der Waals surface area contributed by atoms with Crippen LogP contribution in [-0.4, -0.2) is 12.6 Å². The molecule has 0 aliphatic rings. The van der Waals surface area contributed by atoms with Crippen LogP contribution >= 0.6 is 0 Å². The summed E-state index contributed by atoms with van der Waals surface area (Å²) in [4.78, 5) is 11.4. The molecular formula is C13H26O2. The lowest BCUT2D eigenvalue weighted by molar-refractivity contribution is -0.153. The predicted octanol–water partition coefficient (Wildman–Crippen LogP) is 3.79. The summed E-state index contributed by atoms with van der Waals surface area (Å²) in [5, 5.41) is 0. The van der Waals surface area contributed by atoms with Crippen molar-refractivity contribution in [3.05, 3.63) is 0 Å². The van der Waals surface area contributed by atoms with E-state index in [4.69, 9.17) is 4.74 Å². The molecule has 15 heavy (non-hydrogen) atoms. The fraction of sp³-hybridized carbons (Fsp3) is 0.923. The average Bonchev–Trinajstić information content (AvgIpc) is 2.13. The fourth-order valence-electron chi connectivity index (χ4n) is 1.27. The number of unbranched alkanes of at least 4 members (excludes halogenated alkanes) is 1. The highest BCUT2D eigenvalue weighted by Gasteiger charge is 2.22. The maximum Gasteiger partial charge on any atom is 0.311 e. The van der Waals surface area contributed by atoms with Crippen molar-refractivity contribution >= 4 is 5.97 Å². The summed E-state index contributed by atoms with van der Waals surface area (Å²) in [6.45, 7) is 10.6. The topological polar surface area (TPSA) is 26.3 Å². The minimum absolute atomic E-state index is 0.0924. The largest absolute Gasteiger partial charge is 0.465 e. The number of carbonyl (C=O) groups excluding carboxylic acids is 1. The average molecular weight is 214 g/mol. The molecule has 0 unspecified atom stereocenters. The van der Waals surface area contributed by atoms with E-state index in [-0.39, 0.29) is 11.4 Å². The van der Waals surface area contributed by atoms with Gasteiger partial charge in [0, 0.05) is 0 Å². The number of ether oxygens (including phenoxy) is 1. The molecule has 90 valence electrons. The quantitative estimate of drug-likeness (QED) is 0.629. The standard InChI is InChI=1S/C13H26O2/c1-6-7-8-11(2)9-10-15-12(14)13(3,4)5/h11H,6-10H2,1-5H3/t11-/m0/s1. The molecule has 0 spiro atoms. The summed E-state index contributed by atoms with van der Waals surface area (Å²) < 4.78 is 5.22. The van der Waals surface area contributed by atoms with Gasteiger partial charge in [0.25, 0.3) is 0 Å². The smallest absolute Gasteiger partial charge is 0.311 e. The predicted molar refractivity (Wildman–Crippen MR) is 63.7 cm³/mol. The van der Waals surface area contributed by atoms with Crippen LogP contribution in [0.15, 0.2) is 0 Å². The molecule has 0 aromatic rings. The maximum absolute atomic E-state index is 11.4.